The van der Waals surface area contributed by atoms with Crippen molar-refractivity contribution in [2.75, 3.05) is 13.7 Å². The summed E-state index contributed by atoms with van der Waals surface area (Å²) in [6, 6.07) is -0.561. The molecule has 82 valence electrons. The smallest absolute Gasteiger partial charge is 0.407 e. The molecule has 0 spiro atoms. The number of nitrogens with one attached hydrogen (secondary N) is 2. The highest BCUT2D eigenvalue weighted by Gasteiger charge is 2.13. The minimum Gasteiger partial charge on any atom is -0.450 e. The van der Waals surface area contributed by atoms with Gasteiger partial charge in [0.15, 0.2) is 0 Å². The number of carbonyl (C=O) groups is 2. The van der Waals surface area contributed by atoms with Crippen molar-refractivity contribution in [1.29, 1.82) is 0 Å². The molecule has 0 saturated carbocycles. The van der Waals surface area contributed by atoms with Gasteiger partial charge in [-0.05, 0) is 13.3 Å². The molecule has 0 bridgehead atoms. The van der Waals surface area contributed by atoms with Crippen molar-refractivity contribution < 1.29 is 14.3 Å². The van der Waals surface area contributed by atoms with Crippen LogP contribution in [0.25, 0.3) is 0 Å². The number of carbonyl (C=O) groups excluding carboxylic acids is 2. The van der Waals surface area contributed by atoms with E-state index < -0.39 is 12.1 Å². The summed E-state index contributed by atoms with van der Waals surface area (Å²) in [7, 11) is 1.52. The summed E-state index contributed by atoms with van der Waals surface area (Å²) in [5.74, 6) is -0.238. The molecule has 0 rings (SSSR count). The third-order valence-corrected chi connectivity index (χ3v) is 1.71. The van der Waals surface area contributed by atoms with E-state index in [9.17, 15) is 9.59 Å². The molecule has 5 nitrogen and oxygen atoms in total. The van der Waals surface area contributed by atoms with Gasteiger partial charge in [0.25, 0.3) is 0 Å². The zero-order chi connectivity index (χ0) is 11.0. The minimum absolute atomic E-state index is 0.238. The van der Waals surface area contributed by atoms with E-state index in [-0.39, 0.29) is 5.91 Å². The fraction of sp³-hybridized carbons (Fsp3) is 0.778. The second kappa shape index (κ2) is 7.17. The fourth-order valence-corrected chi connectivity index (χ4v) is 0.810. The standard InChI is InChI=1S/C9H18N2O3/c1-4-5-6-14-9(13)11-7(2)8(12)10-3/h7H,4-6H2,1-3H3,(H,10,12)(H,11,13). The van der Waals surface area contributed by atoms with Gasteiger partial charge in [-0.2, -0.15) is 0 Å². The van der Waals surface area contributed by atoms with E-state index in [4.69, 9.17) is 4.74 Å². The van der Waals surface area contributed by atoms with E-state index in [1.807, 2.05) is 6.92 Å². The summed E-state index contributed by atoms with van der Waals surface area (Å²) >= 11 is 0. The molecular formula is C9H18N2O3. The van der Waals surface area contributed by atoms with Gasteiger partial charge in [0, 0.05) is 7.05 Å². The molecule has 0 radical (unpaired) electrons. The average Bonchev–Trinajstić information content (AvgIpc) is 2.16. The van der Waals surface area contributed by atoms with Gasteiger partial charge < -0.3 is 15.4 Å². The summed E-state index contributed by atoms with van der Waals surface area (Å²) in [5.41, 5.74) is 0. The molecule has 0 heterocycles. The van der Waals surface area contributed by atoms with E-state index in [0.717, 1.165) is 12.8 Å². The van der Waals surface area contributed by atoms with Gasteiger partial charge in [-0.25, -0.2) is 4.79 Å². The number of amides is 2. The number of unbranched alkanes of at least 4 members (excludes halogenated alkanes) is 1. The van der Waals surface area contributed by atoms with Crippen LogP contribution in [0.1, 0.15) is 26.7 Å². The van der Waals surface area contributed by atoms with Gasteiger partial charge in [-0.3, -0.25) is 4.79 Å². The molecule has 2 amide bonds. The van der Waals surface area contributed by atoms with Gasteiger partial charge in [0.2, 0.25) is 5.91 Å². The van der Waals surface area contributed by atoms with Gasteiger partial charge in [0.1, 0.15) is 6.04 Å². The predicted octanol–water partition coefficient (Wildman–Crippen LogP) is 0.647. The second-order valence-electron chi connectivity index (χ2n) is 2.97. The maximum Gasteiger partial charge on any atom is 0.407 e. The Morgan fingerprint density at radius 2 is 2.07 bits per heavy atom. The lowest BCUT2D eigenvalue weighted by Crippen LogP contribution is -2.43. The Bertz CT molecular complexity index is 194. The number of ether oxygens (including phenoxy) is 1. The molecule has 2 N–H and O–H groups in total. The lowest BCUT2D eigenvalue weighted by molar-refractivity contribution is -0.122. The van der Waals surface area contributed by atoms with Crippen LogP contribution in [0, 0.1) is 0 Å². The Balaban J connectivity index is 3.65. The number of likely N-dealkylation sites (N-methyl/N-ethyl adjacent to an activating group) is 1. The molecule has 0 aliphatic carbocycles. The summed E-state index contributed by atoms with van der Waals surface area (Å²) in [5, 5.41) is 4.84. The third-order valence-electron chi connectivity index (χ3n) is 1.71. The van der Waals surface area contributed by atoms with Crippen LogP contribution in [0.5, 0.6) is 0 Å². The number of hydrogen-bond acceptors (Lipinski definition) is 3. The molecule has 5 heteroatoms. The largest absolute Gasteiger partial charge is 0.450 e. The molecule has 0 aliphatic rings. The van der Waals surface area contributed by atoms with Crippen molar-refractivity contribution in [3.63, 3.8) is 0 Å². The van der Waals surface area contributed by atoms with Gasteiger partial charge >= 0.3 is 6.09 Å². The summed E-state index contributed by atoms with van der Waals surface area (Å²) in [6.45, 7) is 4.00. The number of hydrogen-bond donors (Lipinski definition) is 2. The van der Waals surface area contributed by atoms with E-state index in [1.165, 1.54) is 7.05 Å². The molecule has 14 heavy (non-hydrogen) atoms. The minimum atomic E-state index is -0.561. The molecular weight excluding hydrogens is 184 g/mol. The molecule has 0 aliphatic heterocycles. The second-order valence-corrected chi connectivity index (χ2v) is 2.97. The van der Waals surface area contributed by atoms with Crippen molar-refractivity contribution in [2.45, 2.75) is 32.7 Å². The highest BCUT2D eigenvalue weighted by molar-refractivity contribution is 5.84. The van der Waals surface area contributed by atoms with Crippen LogP contribution >= 0.6 is 0 Å². The summed E-state index contributed by atoms with van der Waals surface area (Å²) < 4.78 is 4.82. The topological polar surface area (TPSA) is 67.4 Å². The first kappa shape index (κ1) is 12.7. The number of alkyl carbamates (subject to hydrolysis) is 1. The maximum absolute atomic E-state index is 11.0. The molecule has 0 aromatic rings. The van der Waals surface area contributed by atoms with Crippen LogP contribution in [0.3, 0.4) is 0 Å². The quantitative estimate of drug-likeness (QED) is 0.643. The van der Waals surface area contributed by atoms with Crippen molar-refractivity contribution in [3.8, 4) is 0 Å². The van der Waals surface area contributed by atoms with Gasteiger partial charge in [-0.1, -0.05) is 13.3 Å². The Hall–Kier alpha value is -1.26. The number of rotatable bonds is 5. The Morgan fingerprint density at radius 1 is 1.43 bits per heavy atom. The fourth-order valence-electron chi connectivity index (χ4n) is 0.810. The van der Waals surface area contributed by atoms with Crippen LogP contribution in [-0.2, 0) is 9.53 Å². The first-order chi connectivity index (χ1) is 6.61. The van der Waals surface area contributed by atoms with Gasteiger partial charge in [-0.15, -0.1) is 0 Å². The first-order valence-corrected chi connectivity index (χ1v) is 4.76. The zero-order valence-electron chi connectivity index (χ0n) is 8.92. The van der Waals surface area contributed by atoms with Gasteiger partial charge in [0.05, 0.1) is 6.61 Å². The van der Waals surface area contributed by atoms with E-state index >= 15 is 0 Å². The molecule has 0 aromatic heterocycles. The monoisotopic (exact) mass is 202 g/mol. The highest BCUT2D eigenvalue weighted by Crippen LogP contribution is 1.90. The lowest BCUT2D eigenvalue weighted by atomic mass is 10.3. The predicted molar refractivity (Wildman–Crippen MR) is 52.9 cm³/mol. The van der Waals surface area contributed by atoms with E-state index in [1.54, 1.807) is 6.92 Å². The Kier molecular flexibility index (Phi) is 6.53. The third kappa shape index (κ3) is 5.40. The zero-order valence-corrected chi connectivity index (χ0v) is 8.92. The lowest BCUT2D eigenvalue weighted by Gasteiger charge is -2.12. The Morgan fingerprint density at radius 3 is 2.57 bits per heavy atom. The van der Waals surface area contributed by atoms with Crippen molar-refractivity contribution in [1.82, 2.24) is 10.6 Å². The molecule has 1 atom stereocenters. The van der Waals surface area contributed by atoms with Crippen LogP contribution < -0.4 is 10.6 Å². The van der Waals surface area contributed by atoms with Crippen LogP contribution in [0.4, 0.5) is 4.79 Å². The summed E-state index contributed by atoms with van der Waals surface area (Å²) in [6.07, 6.45) is 1.26. The summed E-state index contributed by atoms with van der Waals surface area (Å²) in [4.78, 5) is 22.0. The average molecular weight is 202 g/mol. The molecule has 0 saturated heterocycles. The normalized spacial score (nSPS) is 11.6. The van der Waals surface area contributed by atoms with Crippen molar-refractivity contribution >= 4 is 12.0 Å². The van der Waals surface area contributed by atoms with E-state index in [2.05, 4.69) is 10.6 Å². The van der Waals surface area contributed by atoms with Crippen LogP contribution in [0.15, 0.2) is 0 Å². The SMILES string of the molecule is CCCCOC(=O)NC(C)C(=O)NC. The molecule has 1 unspecified atom stereocenters. The molecule has 0 fully saturated rings. The molecule has 0 aromatic carbocycles. The van der Waals surface area contributed by atoms with Crippen molar-refractivity contribution in [2.24, 2.45) is 0 Å². The Labute approximate surface area is 84.2 Å². The maximum atomic E-state index is 11.0. The van der Waals surface area contributed by atoms with E-state index in [0.29, 0.717) is 6.61 Å². The van der Waals surface area contributed by atoms with Crippen LogP contribution in [0.2, 0.25) is 0 Å². The van der Waals surface area contributed by atoms with Crippen LogP contribution in [-0.4, -0.2) is 31.7 Å². The highest BCUT2D eigenvalue weighted by atomic mass is 16.5. The first-order valence-electron chi connectivity index (χ1n) is 4.76. The van der Waals surface area contributed by atoms with Crippen molar-refractivity contribution in [3.05, 3.63) is 0 Å².